The van der Waals surface area contributed by atoms with E-state index in [0.29, 0.717) is 41.1 Å². The van der Waals surface area contributed by atoms with Crippen molar-refractivity contribution in [3.63, 3.8) is 0 Å². The molecule has 1 fully saturated rings. The first-order valence-corrected chi connectivity index (χ1v) is 11.0. The van der Waals surface area contributed by atoms with Crippen molar-refractivity contribution in [3.05, 3.63) is 78.6 Å². The van der Waals surface area contributed by atoms with Gasteiger partial charge in [-0.15, -0.1) is 0 Å². The third-order valence-electron chi connectivity index (χ3n) is 5.90. The molecule has 0 spiro atoms. The summed E-state index contributed by atoms with van der Waals surface area (Å²) in [6, 6.07) is 12.4. The summed E-state index contributed by atoms with van der Waals surface area (Å²) in [4.78, 5) is 33.9. The Labute approximate surface area is 204 Å². The monoisotopic (exact) mass is 490 g/mol. The lowest BCUT2D eigenvalue weighted by atomic mass is 10.0. The summed E-state index contributed by atoms with van der Waals surface area (Å²) < 4.78 is 38.8. The molecule has 0 saturated heterocycles. The van der Waals surface area contributed by atoms with Gasteiger partial charge < -0.3 is 20.1 Å². The third kappa shape index (κ3) is 4.52. The molecule has 0 aliphatic heterocycles. The van der Waals surface area contributed by atoms with Crippen LogP contribution >= 0.6 is 0 Å². The van der Waals surface area contributed by atoms with Crippen molar-refractivity contribution in [2.24, 2.45) is 5.41 Å². The molecule has 1 saturated carbocycles. The molecular formula is C26H20F2N4O4. The van der Waals surface area contributed by atoms with Gasteiger partial charge in [-0.05, 0) is 55.3 Å². The summed E-state index contributed by atoms with van der Waals surface area (Å²) in [5.74, 6) is -1.52. The van der Waals surface area contributed by atoms with Crippen LogP contribution in [0.4, 0.5) is 20.2 Å². The fourth-order valence-electron chi connectivity index (χ4n) is 3.70. The van der Waals surface area contributed by atoms with Gasteiger partial charge in [-0.25, -0.2) is 13.8 Å². The van der Waals surface area contributed by atoms with Crippen LogP contribution in [-0.4, -0.2) is 28.9 Å². The van der Waals surface area contributed by atoms with E-state index in [9.17, 15) is 18.4 Å². The minimum Gasteiger partial charge on any atom is -0.481 e. The Kier molecular flexibility index (Phi) is 5.93. The van der Waals surface area contributed by atoms with Crippen molar-refractivity contribution >= 4 is 34.1 Å². The molecule has 36 heavy (non-hydrogen) atoms. The lowest BCUT2D eigenvalue weighted by Gasteiger charge is -2.16. The second-order valence-electron chi connectivity index (χ2n) is 8.30. The molecule has 182 valence electrons. The predicted octanol–water partition coefficient (Wildman–Crippen LogP) is 5.07. The van der Waals surface area contributed by atoms with Crippen molar-refractivity contribution in [1.29, 1.82) is 0 Å². The number of halogens is 2. The third-order valence-corrected chi connectivity index (χ3v) is 5.90. The van der Waals surface area contributed by atoms with Gasteiger partial charge in [0.15, 0.2) is 11.6 Å². The van der Waals surface area contributed by atoms with Gasteiger partial charge in [-0.1, -0.05) is 0 Å². The highest BCUT2D eigenvalue weighted by Crippen LogP contribution is 2.47. The quantitative estimate of drug-likeness (QED) is 0.351. The molecule has 0 unspecified atom stereocenters. The Morgan fingerprint density at radius 2 is 1.58 bits per heavy atom. The average Bonchev–Trinajstić information content (AvgIpc) is 3.69. The number of hydrogen-bond acceptors (Lipinski definition) is 6. The lowest BCUT2D eigenvalue weighted by molar-refractivity contribution is -0.131. The fourth-order valence-corrected chi connectivity index (χ4v) is 3.70. The number of rotatable bonds is 7. The van der Waals surface area contributed by atoms with Crippen LogP contribution in [0.5, 0.6) is 17.4 Å². The van der Waals surface area contributed by atoms with Gasteiger partial charge in [0.25, 0.3) is 0 Å². The summed E-state index contributed by atoms with van der Waals surface area (Å²) in [7, 11) is 1.49. The standard InChI is InChI=1S/C26H20F2N4O4/c1-35-23-13-20-18(14-30-23)21(8-11-29-20)36-22-7-6-17(12-19(22)28)32-25(34)26(9-10-26)24(33)31-16-4-2-15(27)3-5-16/h2-8,11-14H,9-10H2,1H3,(H,31,33)(H,32,34). The molecule has 2 amide bonds. The van der Waals surface area contributed by atoms with Crippen LogP contribution in [0.3, 0.4) is 0 Å². The molecule has 10 heteroatoms. The number of nitrogens with zero attached hydrogens (tertiary/aromatic N) is 2. The summed E-state index contributed by atoms with van der Waals surface area (Å²) in [5.41, 5.74) is -0.136. The second kappa shape index (κ2) is 9.21. The number of pyridine rings is 2. The van der Waals surface area contributed by atoms with E-state index in [0.717, 1.165) is 6.07 Å². The topological polar surface area (TPSA) is 102 Å². The van der Waals surface area contributed by atoms with Gasteiger partial charge in [-0.3, -0.25) is 14.6 Å². The van der Waals surface area contributed by atoms with Crippen LogP contribution in [0.15, 0.2) is 67.0 Å². The number of hydrogen-bond donors (Lipinski definition) is 2. The summed E-state index contributed by atoms with van der Waals surface area (Å²) in [5, 5.41) is 5.80. The van der Waals surface area contributed by atoms with Crippen LogP contribution in [0, 0.1) is 17.0 Å². The average molecular weight is 490 g/mol. The number of amides is 2. The first-order valence-electron chi connectivity index (χ1n) is 11.0. The van der Waals surface area contributed by atoms with E-state index >= 15 is 0 Å². The van der Waals surface area contributed by atoms with E-state index in [1.165, 1.54) is 55.9 Å². The largest absolute Gasteiger partial charge is 0.481 e. The van der Waals surface area contributed by atoms with E-state index in [1.807, 2.05) is 0 Å². The Hall–Kier alpha value is -4.60. The zero-order valence-electron chi connectivity index (χ0n) is 19.0. The maximum absolute atomic E-state index is 14.9. The number of benzene rings is 2. The predicted molar refractivity (Wildman–Crippen MR) is 128 cm³/mol. The molecule has 2 heterocycles. The summed E-state index contributed by atoms with van der Waals surface area (Å²) >= 11 is 0. The van der Waals surface area contributed by atoms with Crippen LogP contribution in [0.1, 0.15) is 12.8 Å². The van der Waals surface area contributed by atoms with E-state index in [1.54, 1.807) is 12.1 Å². The fraction of sp³-hybridized carbons (Fsp3) is 0.154. The van der Waals surface area contributed by atoms with Gasteiger partial charge >= 0.3 is 0 Å². The molecule has 5 rings (SSSR count). The molecular weight excluding hydrogens is 470 g/mol. The number of fused-ring (bicyclic) bond motifs is 1. The molecule has 2 N–H and O–H groups in total. The van der Waals surface area contributed by atoms with E-state index in [-0.39, 0.29) is 11.4 Å². The molecule has 2 aromatic carbocycles. The number of methoxy groups -OCH3 is 1. The van der Waals surface area contributed by atoms with Gasteiger partial charge in [0.2, 0.25) is 17.7 Å². The van der Waals surface area contributed by atoms with Crippen molar-refractivity contribution in [2.75, 3.05) is 17.7 Å². The van der Waals surface area contributed by atoms with Crippen molar-refractivity contribution in [1.82, 2.24) is 9.97 Å². The highest BCUT2D eigenvalue weighted by atomic mass is 19.1. The highest BCUT2D eigenvalue weighted by molar-refractivity contribution is 6.16. The minimum absolute atomic E-state index is 0.0634. The lowest BCUT2D eigenvalue weighted by Crippen LogP contribution is -2.35. The van der Waals surface area contributed by atoms with Crippen LogP contribution in [0.25, 0.3) is 10.9 Å². The maximum Gasteiger partial charge on any atom is 0.240 e. The normalized spacial score (nSPS) is 13.6. The van der Waals surface area contributed by atoms with E-state index in [2.05, 4.69) is 20.6 Å². The molecule has 0 atom stereocenters. The van der Waals surface area contributed by atoms with Crippen LogP contribution in [-0.2, 0) is 9.59 Å². The number of aromatic nitrogens is 2. The summed E-state index contributed by atoms with van der Waals surface area (Å²) in [6.45, 7) is 0. The van der Waals surface area contributed by atoms with Crippen LogP contribution < -0.4 is 20.1 Å². The van der Waals surface area contributed by atoms with E-state index < -0.39 is 28.9 Å². The molecule has 1 aliphatic rings. The van der Waals surface area contributed by atoms with Crippen LogP contribution in [0.2, 0.25) is 0 Å². The Morgan fingerprint density at radius 3 is 2.25 bits per heavy atom. The van der Waals surface area contributed by atoms with Gasteiger partial charge in [-0.2, -0.15) is 0 Å². The van der Waals surface area contributed by atoms with Crippen molar-refractivity contribution in [3.8, 4) is 17.4 Å². The number of anilines is 2. The first kappa shape index (κ1) is 23.2. The number of nitrogens with one attached hydrogen (secondary N) is 2. The molecule has 2 aromatic heterocycles. The maximum atomic E-state index is 14.9. The van der Waals surface area contributed by atoms with Crippen molar-refractivity contribution in [2.45, 2.75) is 12.8 Å². The summed E-state index contributed by atoms with van der Waals surface area (Å²) in [6.07, 6.45) is 3.75. The Balaban J connectivity index is 1.29. The van der Waals surface area contributed by atoms with Gasteiger partial charge in [0, 0.05) is 35.9 Å². The first-order chi connectivity index (χ1) is 17.4. The molecule has 4 aromatic rings. The zero-order chi connectivity index (χ0) is 25.3. The van der Waals surface area contributed by atoms with Crippen molar-refractivity contribution < 1.29 is 27.8 Å². The van der Waals surface area contributed by atoms with Gasteiger partial charge in [0.1, 0.15) is 17.0 Å². The minimum atomic E-state index is -1.26. The Morgan fingerprint density at radius 1 is 0.889 bits per heavy atom. The Bertz CT molecular complexity index is 1470. The van der Waals surface area contributed by atoms with Gasteiger partial charge in [0.05, 0.1) is 18.0 Å². The highest BCUT2D eigenvalue weighted by Gasteiger charge is 2.56. The molecule has 0 radical (unpaired) electrons. The number of carbonyl (C=O) groups excluding carboxylic acids is 2. The SMILES string of the molecule is COc1cc2nccc(Oc3ccc(NC(=O)C4(C(=O)Nc5ccc(F)cc5)CC4)cc3F)c2cn1. The smallest absolute Gasteiger partial charge is 0.240 e. The number of carbonyl (C=O) groups is 2. The number of ether oxygens (including phenoxy) is 2. The second-order valence-corrected chi connectivity index (χ2v) is 8.30. The molecule has 0 bridgehead atoms. The molecule has 1 aliphatic carbocycles. The molecule has 8 nitrogen and oxygen atoms in total. The van der Waals surface area contributed by atoms with E-state index in [4.69, 9.17) is 9.47 Å². The zero-order valence-corrected chi connectivity index (χ0v) is 19.0.